The minimum absolute atomic E-state index is 0.00185. The number of carbonyl (C=O) groups excluding carboxylic acids is 1. The van der Waals surface area contributed by atoms with Crippen LogP contribution in [0.2, 0.25) is 0 Å². The molecule has 1 unspecified atom stereocenters. The maximum Gasteiger partial charge on any atom is 0.326 e. The highest BCUT2D eigenvalue weighted by Gasteiger charge is 2.40. The summed E-state index contributed by atoms with van der Waals surface area (Å²) in [6, 6.07) is 3.37. The number of rotatable bonds is 3. The number of nitriles is 1. The summed E-state index contributed by atoms with van der Waals surface area (Å²) in [6.45, 7) is 0.0742. The molecule has 0 aromatic carbocycles. The van der Waals surface area contributed by atoms with Crippen molar-refractivity contribution in [1.29, 1.82) is 5.26 Å². The number of ether oxygens (including phenoxy) is 2. The van der Waals surface area contributed by atoms with Gasteiger partial charge in [-0.2, -0.15) is 9.57 Å². The largest absolute Gasteiger partial charge is 0.468 e. The molecule has 8 nitrogen and oxygen atoms in total. The zero-order valence-corrected chi connectivity index (χ0v) is 12.0. The van der Waals surface area contributed by atoms with Crippen molar-refractivity contribution in [2.24, 2.45) is 0 Å². The molecule has 21 heavy (non-hydrogen) atoms. The molecule has 0 amide bonds. The quantitative estimate of drug-likeness (QED) is 0.693. The molecule has 1 atom stereocenters. The normalized spacial score (nSPS) is 19.7. The van der Waals surface area contributed by atoms with Crippen LogP contribution in [0.25, 0.3) is 0 Å². The molecule has 0 radical (unpaired) electrons. The molecule has 112 valence electrons. The van der Waals surface area contributed by atoms with Gasteiger partial charge in [-0.25, -0.2) is 13.4 Å². The van der Waals surface area contributed by atoms with Crippen molar-refractivity contribution < 1.29 is 22.7 Å². The van der Waals surface area contributed by atoms with Crippen molar-refractivity contribution in [3.05, 3.63) is 24.0 Å². The van der Waals surface area contributed by atoms with Gasteiger partial charge in [0.05, 0.1) is 20.3 Å². The zero-order valence-electron chi connectivity index (χ0n) is 11.2. The number of nitrogens with zero attached hydrogens (tertiary/aromatic N) is 3. The monoisotopic (exact) mass is 311 g/mol. The summed E-state index contributed by atoms with van der Waals surface area (Å²) >= 11 is 0. The number of sulfonamides is 1. The first-order chi connectivity index (χ1) is 10.0. The fourth-order valence-electron chi connectivity index (χ4n) is 2.01. The minimum Gasteiger partial charge on any atom is -0.468 e. The van der Waals surface area contributed by atoms with Gasteiger partial charge >= 0.3 is 5.97 Å². The lowest BCUT2D eigenvalue weighted by molar-refractivity contribution is -0.149. The summed E-state index contributed by atoms with van der Waals surface area (Å²) in [5, 5.41) is 8.99. The van der Waals surface area contributed by atoms with Crippen molar-refractivity contribution in [1.82, 2.24) is 9.29 Å². The van der Waals surface area contributed by atoms with E-state index in [4.69, 9.17) is 10.00 Å². The summed E-state index contributed by atoms with van der Waals surface area (Å²) in [6.07, 6.45) is 1.33. The highest BCUT2D eigenvalue weighted by molar-refractivity contribution is 7.89. The third-order valence-electron chi connectivity index (χ3n) is 3.02. The first kappa shape index (κ1) is 15.4. The predicted octanol–water partition coefficient (Wildman–Crippen LogP) is -0.484. The van der Waals surface area contributed by atoms with Crippen LogP contribution in [-0.2, 0) is 24.3 Å². The summed E-state index contributed by atoms with van der Waals surface area (Å²) in [5.41, 5.74) is -0.215. The molecule has 0 N–H and O–H groups in total. The van der Waals surface area contributed by atoms with Crippen LogP contribution in [0.5, 0.6) is 0 Å². The molecule has 1 fully saturated rings. The van der Waals surface area contributed by atoms with Gasteiger partial charge in [0.15, 0.2) is 5.69 Å². The molecular weight excluding hydrogens is 298 g/mol. The van der Waals surface area contributed by atoms with E-state index in [1.165, 1.54) is 25.4 Å². The molecule has 0 saturated carbocycles. The molecule has 1 aliphatic heterocycles. The van der Waals surface area contributed by atoms with Gasteiger partial charge in [0.25, 0.3) is 0 Å². The Labute approximate surface area is 122 Å². The van der Waals surface area contributed by atoms with Crippen LogP contribution in [0.15, 0.2) is 23.2 Å². The molecular formula is C12H13N3O5S. The Balaban J connectivity index is 2.46. The van der Waals surface area contributed by atoms with E-state index in [0.717, 1.165) is 4.31 Å². The predicted molar refractivity (Wildman–Crippen MR) is 69.5 cm³/mol. The van der Waals surface area contributed by atoms with E-state index < -0.39 is 22.0 Å². The summed E-state index contributed by atoms with van der Waals surface area (Å²) in [4.78, 5) is 15.2. The van der Waals surface area contributed by atoms with Crippen LogP contribution in [0.3, 0.4) is 0 Å². The number of morpholine rings is 1. The van der Waals surface area contributed by atoms with Crippen molar-refractivity contribution in [2.75, 3.05) is 26.9 Å². The molecule has 9 heteroatoms. The Morgan fingerprint density at radius 3 is 3.05 bits per heavy atom. The topological polar surface area (TPSA) is 110 Å². The third kappa shape index (κ3) is 2.87. The molecule has 2 heterocycles. The molecule has 1 saturated heterocycles. The average Bonchev–Trinajstić information content (AvgIpc) is 2.54. The zero-order chi connectivity index (χ0) is 15.5. The van der Waals surface area contributed by atoms with Gasteiger partial charge in [-0.05, 0) is 12.1 Å². The molecule has 1 aliphatic rings. The lowest BCUT2D eigenvalue weighted by atomic mass is 10.3. The van der Waals surface area contributed by atoms with Crippen LogP contribution in [0, 0.1) is 11.3 Å². The number of aromatic nitrogens is 1. The first-order valence-electron chi connectivity index (χ1n) is 6.05. The van der Waals surface area contributed by atoms with Crippen molar-refractivity contribution in [3.63, 3.8) is 0 Å². The van der Waals surface area contributed by atoms with E-state index >= 15 is 0 Å². The summed E-state index contributed by atoms with van der Waals surface area (Å²) in [7, 11) is -2.87. The van der Waals surface area contributed by atoms with Gasteiger partial charge in [0, 0.05) is 12.7 Å². The molecule has 0 aliphatic carbocycles. The Hall–Kier alpha value is -2.02. The number of carbonyl (C=O) groups is 1. The van der Waals surface area contributed by atoms with E-state index in [0.29, 0.717) is 0 Å². The van der Waals surface area contributed by atoms with E-state index in [-0.39, 0.29) is 30.3 Å². The van der Waals surface area contributed by atoms with Gasteiger partial charge in [-0.1, -0.05) is 0 Å². The van der Waals surface area contributed by atoms with E-state index in [9.17, 15) is 13.2 Å². The summed E-state index contributed by atoms with van der Waals surface area (Å²) < 4.78 is 36.1. The van der Waals surface area contributed by atoms with E-state index in [2.05, 4.69) is 9.72 Å². The lowest BCUT2D eigenvalue weighted by Crippen LogP contribution is -2.52. The van der Waals surface area contributed by atoms with Crippen LogP contribution < -0.4 is 0 Å². The third-order valence-corrected chi connectivity index (χ3v) is 4.96. The molecule has 0 bridgehead atoms. The Morgan fingerprint density at radius 1 is 1.62 bits per heavy atom. The molecule has 1 aromatic heterocycles. The Morgan fingerprint density at radius 2 is 2.38 bits per heavy atom. The highest BCUT2D eigenvalue weighted by atomic mass is 32.2. The number of hydrogen-bond donors (Lipinski definition) is 0. The van der Waals surface area contributed by atoms with Crippen LogP contribution in [-0.4, -0.2) is 56.6 Å². The van der Waals surface area contributed by atoms with Gasteiger partial charge in [0.2, 0.25) is 10.0 Å². The average molecular weight is 311 g/mol. The number of pyridine rings is 1. The number of esters is 1. The van der Waals surface area contributed by atoms with Crippen molar-refractivity contribution in [3.8, 4) is 6.07 Å². The second kappa shape index (κ2) is 6.17. The second-order valence-electron chi connectivity index (χ2n) is 4.19. The lowest BCUT2D eigenvalue weighted by Gasteiger charge is -2.32. The van der Waals surface area contributed by atoms with Gasteiger partial charge in [-0.3, -0.25) is 4.79 Å². The first-order valence-corrected chi connectivity index (χ1v) is 7.49. The molecule has 1 aromatic rings. The molecule has 2 rings (SSSR count). The maximum absolute atomic E-state index is 12.7. The van der Waals surface area contributed by atoms with Gasteiger partial charge in [-0.15, -0.1) is 0 Å². The standard InChI is InChI=1S/C12H13N3O5S/c1-19-12(16)10-8-20-6-5-15(10)21(17,18)11-3-2-4-14-9(11)7-13/h2-4,10H,5-6,8H2,1H3. The maximum atomic E-state index is 12.7. The van der Waals surface area contributed by atoms with Gasteiger partial charge in [0.1, 0.15) is 17.0 Å². The Kier molecular flexibility index (Phi) is 4.52. The van der Waals surface area contributed by atoms with Crippen LogP contribution >= 0.6 is 0 Å². The molecule has 0 spiro atoms. The Bertz CT molecular complexity index is 682. The fourth-order valence-corrected chi connectivity index (χ4v) is 3.65. The second-order valence-corrected chi connectivity index (χ2v) is 6.05. The SMILES string of the molecule is COC(=O)C1COCCN1S(=O)(=O)c1cccnc1C#N. The smallest absolute Gasteiger partial charge is 0.326 e. The number of hydrogen-bond acceptors (Lipinski definition) is 7. The van der Waals surface area contributed by atoms with E-state index in [1.54, 1.807) is 6.07 Å². The van der Waals surface area contributed by atoms with Crippen LogP contribution in [0.4, 0.5) is 0 Å². The van der Waals surface area contributed by atoms with Gasteiger partial charge < -0.3 is 9.47 Å². The van der Waals surface area contributed by atoms with Crippen molar-refractivity contribution >= 4 is 16.0 Å². The highest BCUT2D eigenvalue weighted by Crippen LogP contribution is 2.22. The minimum atomic E-state index is -4.04. The summed E-state index contributed by atoms with van der Waals surface area (Å²) in [5.74, 6) is -0.708. The van der Waals surface area contributed by atoms with Crippen molar-refractivity contribution in [2.45, 2.75) is 10.9 Å². The van der Waals surface area contributed by atoms with Crippen LogP contribution in [0.1, 0.15) is 5.69 Å². The van der Waals surface area contributed by atoms with E-state index in [1.807, 2.05) is 0 Å². The fraction of sp³-hybridized carbons (Fsp3) is 0.417. The number of methoxy groups -OCH3 is 1.